The van der Waals surface area contributed by atoms with Crippen molar-refractivity contribution in [3.8, 4) is 0 Å². The molecule has 2 rings (SSSR count). The first-order valence-electron chi connectivity index (χ1n) is 4.14. The van der Waals surface area contributed by atoms with E-state index in [-0.39, 0.29) is 12.3 Å². The van der Waals surface area contributed by atoms with Crippen LogP contribution >= 0.6 is 11.9 Å². The Balaban J connectivity index is 2.17. The molecule has 0 amide bonds. The van der Waals surface area contributed by atoms with Crippen molar-refractivity contribution in [3.05, 3.63) is 23.8 Å². The second-order valence-electron chi connectivity index (χ2n) is 3.01. The minimum absolute atomic E-state index is 0.00204. The van der Waals surface area contributed by atoms with E-state index in [4.69, 9.17) is 5.73 Å². The van der Waals surface area contributed by atoms with Gasteiger partial charge in [0, 0.05) is 17.7 Å². The average molecular weight is 194 g/mol. The van der Waals surface area contributed by atoms with E-state index in [2.05, 4.69) is 4.40 Å². The third-order valence-electron chi connectivity index (χ3n) is 2.14. The molecule has 0 saturated heterocycles. The molecule has 0 spiro atoms. The van der Waals surface area contributed by atoms with Crippen LogP contribution in [0.2, 0.25) is 0 Å². The van der Waals surface area contributed by atoms with Gasteiger partial charge in [-0.25, -0.2) is 4.40 Å². The predicted octanol–water partition coefficient (Wildman–Crippen LogP) is 0.728. The molecule has 0 bridgehead atoms. The van der Waals surface area contributed by atoms with Crippen molar-refractivity contribution in [3.63, 3.8) is 0 Å². The maximum absolute atomic E-state index is 11.3. The van der Waals surface area contributed by atoms with E-state index in [1.807, 2.05) is 24.4 Å². The molecule has 2 atom stereocenters. The standard InChI is InChI=1S/C9H10N2OS/c10-4-8(12)6-1-2-7-5-11-13-9(7)3-6/h1-3,5,7,9H,4,10H2. The van der Waals surface area contributed by atoms with Gasteiger partial charge in [0.2, 0.25) is 0 Å². The molecule has 0 fully saturated rings. The highest BCUT2D eigenvalue weighted by Crippen LogP contribution is 2.32. The summed E-state index contributed by atoms with van der Waals surface area (Å²) in [6.45, 7) is 0.0824. The largest absolute Gasteiger partial charge is 0.324 e. The van der Waals surface area contributed by atoms with E-state index < -0.39 is 0 Å². The number of hydrogen-bond donors (Lipinski definition) is 1. The lowest BCUT2D eigenvalue weighted by molar-refractivity contribution is -0.114. The first-order valence-corrected chi connectivity index (χ1v) is 4.97. The number of allylic oxidation sites excluding steroid dienone is 2. The molecule has 3 nitrogen and oxygen atoms in total. The molecule has 2 N–H and O–H groups in total. The van der Waals surface area contributed by atoms with Crippen LogP contribution in [0.15, 0.2) is 28.2 Å². The van der Waals surface area contributed by atoms with E-state index in [1.165, 1.54) is 11.9 Å². The maximum atomic E-state index is 11.3. The molecule has 0 radical (unpaired) electrons. The zero-order valence-corrected chi connectivity index (χ0v) is 7.83. The van der Waals surface area contributed by atoms with Crippen LogP contribution in [-0.2, 0) is 4.79 Å². The van der Waals surface area contributed by atoms with Gasteiger partial charge in [0.05, 0.1) is 11.8 Å². The van der Waals surface area contributed by atoms with Crippen molar-refractivity contribution in [2.45, 2.75) is 5.25 Å². The van der Waals surface area contributed by atoms with Gasteiger partial charge in [0.1, 0.15) is 0 Å². The van der Waals surface area contributed by atoms with Crippen molar-refractivity contribution >= 4 is 23.9 Å². The first-order chi connectivity index (χ1) is 6.31. The Bertz CT molecular complexity index is 320. The Hall–Kier alpha value is -0.870. The topological polar surface area (TPSA) is 55.5 Å². The fraction of sp³-hybridized carbons (Fsp3) is 0.333. The monoisotopic (exact) mass is 194 g/mol. The smallest absolute Gasteiger partial charge is 0.176 e. The SMILES string of the molecule is NCC(=O)C1=CC2SN=CC2C=C1. The van der Waals surface area contributed by atoms with Crippen LogP contribution in [0, 0.1) is 5.92 Å². The summed E-state index contributed by atoms with van der Waals surface area (Å²) >= 11 is 1.51. The van der Waals surface area contributed by atoms with Crippen LogP contribution in [0.1, 0.15) is 0 Å². The van der Waals surface area contributed by atoms with Gasteiger partial charge in [-0.15, -0.1) is 0 Å². The quantitative estimate of drug-likeness (QED) is 0.659. The van der Waals surface area contributed by atoms with Gasteiger partial charge in [0.25, 0.3) is 0 Å². The van der Waals surface area contributed by atoms with E-state index in [9.17, 15) is 4.79 Å². The van der Waals surface area contributed by atoms with Gasteiger partial charge in [-0.2, -0.15) is 0 Å². The van der Waals surface area contributed by atoms with E-state index in [1.54, 1.807) is 0 Å². The fourth-order valence-corrected chi connectivity index (χ4v) is 2.24. The van der Waals surface area contributed by atoms with E-state index in [0.717, 1.165) is 5.57 Å². The van der Waals surface area contributed by atoms with Gasteiger partial charge in [-0.05, 0) is 11.9 Å². The van der Waals surface area contributed by atoms with Gasteiger partial charge < -0.3 is 5.73 Å². The Labute approximate surface area is 80.9 Å². The lowest BCUT2D eigenvalue weighted by Gasteiger charge is -2.14. The van der Waals surface area contributed by atoms with Crippen molar-refractivity contribution in [1.82, 2.24) is 0 Å². The Morgan fingerprint density at radius 2 is 2.54 bits per heavy atom. The lowest BCUT2D eigenvalue weighted by atomic mass is 9.95. The lowest BCUT2D eigenvalue weighted by Crippen LogP contribution is -2.20. The highest BCUT2D eigenvalue weighted by atomic mass is 32.2. The third kappa shape index (κ3) is 1.59. The van der Waals surface area contributed by atoms with E-state index in [0.29, 0.717) is 11.2 Å². The molecule has 13 heavy (non-hydrogen) atoms. The Morgan fingerprint density at radius 1 is 1.69 bits per heavy atom. The third-order valence-corrected chi connectivity index (χ3v) is 3.08. The van der Waals surface area contributed by atoms with Gasteiger partial charge in [0.15, 0.2) is 5.78 Å². The number of nitrogens with zero attached hydrogens (tertiary/aromatic N) is 1. The summed E-state index contributed by atoms with van der Waals surface area (Å²) in [5.41, 5.74) is 6.00. The van der Waals surface area contributed by atoms with Crippen molar-refractivity contribution in [2.24, 2.45) is 16.0 Å². The van der Waals surface area contributed by atoms with Gasteiger partial charge in [-0.3, -0.25) is 4.79 Å². The normalized spacial score (nSPS) is 30.1. The fourth-order valence-electron chi connectivity index (χ4n) is 1.38. The summed E-state index contributed by atoms with van der Waals surface area (Å²) < 4.78 is 4.10. The molecule has 1 aliphatic heterocycles. The molecule has 1 aliphatic carbocycles. The number of carbonyl (C=O) groups is 1. The molecular weight excluding hydrogens is 184 g/mol. The number of ketones is 1. The number of rotatable bonds is 2. The highest BCUT2D eigenvalue weighted by Gasteiger charge is 2.25. The summed E-state index contributed by atoms with van der Waals surface area (Å²) in [6.07, 6.45) is 7.72. The van der Waals surface area contributed by atoms with Crippen molar-refractivity contribution < 1.29 is 4.79 Å². The van der Waals surface area contributed by atoms with Gasteiger partial charge in [-0.1, -0.05) is 18.2 Å². The minimum atomic E-state index is 0.00204. The number of hydrogen-bond acceptors (Lipinski definition) is 4. The zero-order chi connectivity index (χ0) is 9.26. The van der Waals surface area contributed by atoms with Crippen LogP contribution in [0.5, 0.6) is 0 Å². The molecule has 0 aromatic rings. The van der Waals surface area contributed by atoms with Crippen LogP contribution in [-0.4, -0.2) is 23.8 Å². The molecule has 0 saturated carbocycles. The summed E-state index contributed by atoms with van der Waals surface area (Å²) in [6, 6.07) is 0. The Morgan fingerprint density at radius 3 is 3.31 bits per heavy atom. The summed E-state index contributed by atoms with van der Waals surface area (Å²) in [4.78, 5) is 11.3. The van der Waals surface area contributed by atoms with Gasteiger partial charge >= 0.3 is 0 Å². The molecule has 0 aromatic carbocycles. The first kappa shape index (κ1) is 8.72. The molecular formula is C9H10N2OS. The highest BCUT2D eigenvalue weighted by molar-refractivity contribution is 7.99. The number of carbonyl (C=O) groups excluding carboxylic acids is 1. The number of Topliss-reactive ketones (excluding diaryl/α,β-unsaturated/α-hetero) is 1. The Kier molecular flexibility index (Phi) is 2.33. The number of fused-ring (bicyclic) bond motifs is 1. The predicted molar refractivity (Wildman–Crippen MR) is 54.6 cm³/mol. The summed E-state index contributed by atoms with van der Waals surface area (Å²) in [5.74, 6) is 0.363. The van der Waals surface area contributed by atoms with Crippen molar-refractivity contribution in [2.75, 3.05) is 6.54 Å². The molecule has 2 aliphatic rings. The molecule has 2 unspecified atom stereocenters. The zero-order valence-electron chi connectivity index (χ0n) is 7.01. The average Bonchev–Trinajstić information content (AvgIpc) is 2.63. The molecule has 1 heterocycles. The second-order valence-corrected chi connectivity index (χ2v) is 3.98. The van der Waals surface area contributed by atoms with Crippen molar-refractivity contribution in [1.29, 1.82) is 0 Å². The van der Waals surface area contributed by atoms with Crippen LogP contribution in [0.4, 0.5) is 0 Å². The minimum Gasteiger partial charge on any atom is -0.324 e. The maximum Gasteiger partial charge on any atom is 0.176 e. The van der Waals surface area contributed by atoms with Crippen LogP contribution in [0.3, 0.4) is 0 Å². The summed E-state index contributed by atoms with van der Waals surface area (Å²) in [5, 5.41) is 0.301. The van der Waals surface area contributed by atoms with E-state index >= 15 is 0 Å². The molecule has 4 heteroatoms. The number of nitrogens with two attached hydrogens (primary N) is 1. The summed E-state index contributed by atoms with van der Waals surface area (Å²) in [7, 11) is 0. The molecule has 0 aromatic heterocycles. The van der Waals surface area contributed by atoms with Crippen LogP contribution in [0.25, 0.3) is 0 Å². The van der Waals surface area contributed by atoms with Crippen LogP contribution < -0.4 is 5.73 Å². The molecule has 68 valence electrons. The second kappa shape index (κ2) is 3.47.